The van der Waals surface area contributed by atoms with Gasteiger partial charge in [-0.1, -0.05) is 0 Å². The Balaban J connectivity index is 2.03. The van der Waals surface area contributed by atoms with E-state index in [1.54, 1.807) is 23.3 Å². The number of piperidine rings is 1. The van der Waals surface area contributed by atoms with Crippen LogP contribution in [0, 0.1) is 26.2 Å². The Kier molecular flexibility index (Phi) is 3.81. The Morgan fingerprint density at radius 1 is 1.29 bits per heavy atom. The van der Waals surface area contributed by atoms with Gasteiger partial charge in [0.2, 0.25) is 0 Å². The molecule has 128 valence electrons. The largest absolute Gasteiger partial charge is 0.481 e. The van der Waals surface area contributed by atoms with Gasteiger partial charge in [0.05, 0.1) is 11.1 Å². The van der Waals surface area contributed by atoms with Crippen molar-refractivity contribution in [2.24, 2.45) is 5.41 Å². The van der Waals surface area contributed by atoms with E-state index in [9.17, 15) is 14.7 Å². The lowest BCUT2D eigenvalue weighted by Crippen LogP contribution is -2.48. The fourth-order valence-electron chi connectivity index (χ4n) is 3.42. The Bertz CT molecular complexity index is 842. The summed E-state index contributed by atoms with van der Waals surface area (Å²) in [5, 5.41) is 13.9. The van der Waals surface area contributed by atoms with Crippen LogP contribution in [0.2, 0.25) is 0 Å². The molecule has 0 bridgehead atoms. The molecule has 7 heteroatoms. The number of carboxylic acids is 1. The SMILES string of the molecule is Cc1cc(C)n2nc(C)c(C(=O)N3CCCC(C)(C(=O)O)C3)c2n1. The van der Waals surface area contributed by atoms with Crippen molar-refractivity contribution < 1.29 is 14.7 Å². The molecular weight excluding hydrogens is 308 g/mol. The normalized spacial score (nSPS) is 21.2. The molecule has 1 amide bonds. The molecule has 1 aliphatic heterocycles. The highest BCUT2D eigenvalue weighted by Crippen LogP contribution is 2.31. The van der Waals surface area contributed by atoms with Crippen molar-refractivity contribution in [1.29, 1.82) is 0 Å². The van der Waals surface area contributed by atoms with Crippen LogP contribution in [-0.2, 0) is 4.79 Å². The smallest absolute Gasteiger partial charge is 0.311 e. The number of nitrogens with zero attached hydrogens (tertiary/aromatic N) is 4. The summed E-state index contributed by atoms with van der Waals surface area (Å²) in [4.78, 5) is 30.7. The van der Waals surface area contributed by atoms with Gasteiger partial charge in [-0.3, -0.25) is 9.59 Å². The monoisotopic (exact) mass is 330 g/mol. The van der Waals surface area contributed by atoms with Crippen molar-refractivity contribution in [3.05, 3.63) is 28.7 Å². The Hall–Kier alpha value is -2.44. The lowest BCUT2D eigenvalue weighted by molar-refractivity contribution is -0.150. The molecule has 1 atom stereocenters. The van der Waals surface area contributed by atoms with Crippen molar-refractivity contribution in [3.63, 3.8) is 0 Å². The number of hydrogen-bond acceptors (Lipinski definition) is 4. The zero-order valence-corrected chi connectivity index (χ0v) is 14.5. The van der Waals surface area contributed by atoms with Crippen molar-refractivity contribution in [2.45, 2.75) is 40.5 Å². The van der Waals surface area contributed by atoms with Crippen molar-refractivity contribution in [1.82, 2.24) is 19.5 Å². The number of rotatable bonds is 2. The van der Waals surface area contributed by atoms with E-state index in [2.05, 4.69) is 10.1 Å². The number of likely N-dealkylation sites (tertiary alicyclic amines) is 1. The first-order chi connectivity index (χ1) is 11.2. The summed E-state index contributed by atoms with van der Waals surface area (Å²) in [5.74, 6) is -1.05. The van der Waals surface area contributed by atoms with Crippen LogP contribution >= 0.6 is 0 Å². The third-order valence-corrected chi connectivity index (χ3v) is 4.78. The number of carbonyl (C=O) groups excluding carboxylic acids is 1. The molecule has 0 aliphatic carbocycles. The molecule has 0 spiro atoms. The van der Waals surface area contributed by atoms with E-state index in [1.165, 1.54) is 0 Å². The summed E-state index contributed by atoms with van der Waals surface area (Å²) in [6.07, 6.45) is 1.26. The molecule has 3 heterocycles. The Morgan fingerprint density at radius 3 is 2.67 bits per heavy atom. The fourth-order valence-corrected chi connectivity index (χ4v) is 3.42. The lowest BCUT2D eigenvalue weighted by atomic mass is 9.82. The summed E-state index contributed by atoms with van der Waals surface area (Å²) < 4.78 is 1.68. The van der Waals surface area contributed by atoms with E-state index in [0.29, 0.717) is 36.3 Å². The van der Waals surface area contributed by atoms with Crippen molar-refractivity contribution in [2.75, 3.05) is 13.1 Å². The summed E-state index contributed by atoms with van der Waals surface area (Å²) in [6, 6.07) is 1.91. The van der Waals surface area contributed by atoms with Gasteiger partial charge in [-0.15, -0.1) is 0 Å². The minimum Gasteiger partial charge on any atom is -0.481 e. The van der Waals surface area contributed by atoms with E-state index in [-0.39, 0.29) is 12.5 Å². The number of amides is 1. The number of carboxylic acid groups (broad SMARTS) is 1. The Morgan fingerprint density at radius 2 is 2.00 bits per heavy atom. The average Bonchev–Trinajstić information content (AvgIpc) is 2.83. The molecule has 0 radical (unpaired) electrons. The first kappa shape index (κ1) is 16.4. The predicted octanol–water partition coefficient (Wildman–Crippen LogP) is 1.98. The molecule has 1 fully saturated rings. The molecule has 1 saturated heterocycles. The second-order valence-electron chi connectivity index (χ2n) is 6.93. The third kappa shape index (κ3) is 2.53. The van der Waals surface area contributed by atoms with E-state index in [0.717, 1.165) is 11.4 Å². The highest BCUT2D eigenvalue weighted by Gasteiger charge is 2.40. The van der Waals surface area contributed by atoms with Crippen molar-refractivity contribution >= 4 is 17.5 Å². The molecule has 2 aromatic heterocycles. The minimum atomic E-state index is -0.899. The van der Waals surface area contributed by atoms with Gasteiger partial charge in [0, 0.05) is 24.5 Å². The molecule has 0 saturated carbocycles. The molecule has 0 aromatic carbocycles. The van der Waals surface area contributed by atoms with Crippen LogP contribution in [0.15, 0.2) is 6.07 Å². The topological polar surface area (TPSA) is 87.8 Å². The quantitative estimate of drug-likeness (QED) is 0.909. The number of fused-ring (bicyclic) bond motifs is 1. The van der Waals surface area contributed by atoms with Gasteiger partial charge in [0.15, 0.2) is 5.65 Å². The van der Waals surface area contributed by atoms with Gasteiger partial charge in [-0.2, -0.15) is 5.10 Å². The van der Waals surface area contributed by atoms with E-state index < -0.39 is 11.4 Å². The maximum Gasteiger partial charge on any atom is 0.311 e. The maximum absolute atomic E-state index is 13.1. The number of aliphatic carboxylic acids is 1. The highest BCUT2D eigenvalue weighted by atomic mass is 16.4. The van der Waals surface area contributed by atoms with Gasteiger partial charge in [-0.05, 0) is 46.6 Å². The van der Waals surface area contributed by atoms with Crippen LogP contribution in [0.5, 0.6) is 0 Å². The zero-order valence-electron chi connectivity index (χ0n) is 14.5. The fraction of sp³-hybridized carbons (Fsp3) is 0.529. The summed E-state index contributed by atoms with van der Waals surface area (Å²) >= 11 is 0. The van der Waals surface area contributed by atoms with Gasteiger partial charge in [0.1, 0.15) is 5.56 Å². The first-order valence-corrected chi connectivity index (χ1v) is 8.09. The molecule has 24 heavy (non-hydrogen) atoms. The van der Waals surface area contributed by atoms with Crippen LogP contribution in [0.25, 0.3) is 5.65 Å². The molecule has 7 nitrogen and oxygen atoms in total. The lowest BCUT2D eigenvalue weighted by Gasteiger charge is -2.37. The number of carbonyl (C=O) groups is 2. The summed E-state index contributed by atoms with van der Waals surface area (Å²) in [7, 11) is 0. The van der Waals surface area contributed by atoms with Gasteiger partial charge < -0.3 is 10.0 Å². The standard InChI is InChI=1S/C17H22N4O3/c1-10-8-11(2)21-14(18-10)13(12(3)19-21)15(22)20-7-5-6-17(4,9-20)16(23)24/h8H,5-7,9H2,1-4H3,(H,23,24). The first-order valence-electron chi connectivity index (χ1n) is 8.09. The summed E-state index contributed by atoms with van der Waals surface area (Å²) in [5.41, 5.74) is 2.46. The van der Waals surface area contributed by atoms with Gasteiger partial charge in [0.25, 0.3) is 5.91 Å². The molecule has 1 unspecified atom stereocenters. The van der Waals surface area contributed by atoms with Gasteiger partial charge in [-0.25, -0.2) is 9.50 Å². The molecular formula is C17H22N4O3. The van der Waals surface area contributed by atoms with E-state index >= 15 is 0 Å². The molecule has 1 aliphatic rings. The van der Waals surface area contributed by atoms with Crippen LogP contribution < -0.4 is 0 Å². The van der Waals surface area contributed by atoms with E-state index in [1.807, 2.05) is 19.9 Å². The molecule has 3 rings (SSSR count). The third-order valence-electron chi connectivity index (χ3n) is 4.78. The highest BCUT2D eigenvalue weighted by molar-refractivity contribution is 6.01. The predicted molar refractivity (Wildman–Crippen MR) is 88.1 cm³/mol. The Labute approximate surface area is 140 Å². The number of aryl methyl sites for hydroxylation is 3. The second-order valence-corrected chi connectivity index (χ2v) is 6.93. The zero-order chi connectivity index (χ0) is 17.6. The van der Waals surface area contributed by atoms with Crippen LogP contribution in [0.1, 0.15) is 47.2 Å². The van der Waals surface area contributed by atoms with Crippen LogP contribution in [0.4, 0.5) is 0 Å². The average molecular weight is 330 g/mol. The van der Waals surface area contributed by atoms with Crippen molar-refractivity contribution in [3.8, 4) is 0 Å². The number of hydrogen-bond donors (Lipinski definition) is 1. The maximum atomic E-state index is 13.1. The van der Waals surface area contributed by atoms with Crippen LogP contribution in [-0.4, -0.2) is 49.6 Å². The van der Waals surface area contributed by atoms with Gasteiger partial charge >= 0.3 is 5.97 Å². The summed E-state index contributed by atoms with van der Waals surface area (Å²) in [6.45, 7) is 8.06. The van der Waals surface area contributed by atoms with Crippen LogP contribution in [0.3, 0.4) is 0 Å². The number of aromatic nitrogens is 3. The second kappa shape index (κ2) is 5.58. The molecule has 2 aromatic rings. The van der Waals surface area contributed by atoms with E-state index in [4.69, 9.17) is 0 Å². The minimum absolute atomic E-state index is 0.188. The molecule has 1 N–H and O–H groups in total.